The van der Waals surface area contributed by atoms with E-state index in [0.29, 0.717) is 33.8 Å². The summed E-state index contributed by atoms with van der Waals surface area (Å²) < 4.78 is 11.9. The Hall–Kier alpha value is -3.23. The monoisotopic (exact) mass is 533 g/mol. The van der Waals surface area contributed by atoms with Gasteiger partial charge in [0.15, 0.2) is 11.5 Å². The van der Waals surface area contributed by atoms with Crippen LogP contribution in [-0.2, 0) is 9.59 Å². The number of carbonyl (C=O) groups is 2. The topological polar surface area (TPSA) is 110 Å². The number of benzene rings is 2. The number of carboxylic acids is 1. The van der Waals surface area contributed by atoms with Gasteiger partial charge in [0, 0.05) is 37.3 Å². The van der Waals surface area contributed by atoms with Gasteiger partial charge in [-0.2, -0.15) is 0 Å². The number of aromatic nitrogens is 1. The van der Waals surface area contributed by atoms with Crippen molar-refractivity contribution in [1.29, 1.82) is 0 Å². The van der Waals surface area contributed by atoms with Crippen molar-refractivity contribution in [1.82, 2.24) is 10.3 Å². The second-order valence-electron chi connectivity index (χ2n) is 8.42. The SMILES string of the molecule is COc1cc(NC(C)CCCNC(=O)CCC(=O)O)c2nccc(C)c2c1Oc1ccc(Cl)c(Cl)c1. The first-order valence-electron chi connectivity index (χ1n) is 11.5. The summed E-state index contributed by atoms with van der Waals surface area (Å²) in [5.41, 5.74) is 2.50. The minimum Gasteiger partial charge on any atom is -0.493 e. The van der Waals surface area contributed by atoms with Crippen molar-refractivity contribution in [3.8, 4) is 17.2 Å². The van der Waals surface area contributed by atoms with Crippen molar-refractivity contribution in [2.45, 2.75) is 45.6 Å². The molecule has 0 aliphatic rings. The fraction of sp³-hybridized carbons (Fsp3) is 0.346. The highest BCUT2D eigenvalue weighted by molar-refractivity contribution is 6.42. The Morgan fingerprint density at radius 1 is 1.14 bits per heavy atom. The molecular formula is C26H29Cl2N3O5. The van der Waals surface area contributed by atoms with Gasteiger partial charge in [-0.25, -0.2) is 0 Å². The van der Waals surface area contributed by atoms with Gasteiger partial charge in [-0.05, 0) is 50.5 Å². The van der Waals surface area contributed by atoms with Crippen molar-refractivity contribution < 1.29 is 24.2 Å². The van der Waals surface area contributed by atoms with Crippen LogP contribution in [0.3, 0.4) is 0 Å². The average molecular weight is 534 g/mol. The predicted molar refractivity (Wildman–Crippen MR) is 142 cm³/mol. The molecule has 3 N–H and O–H groups in total. The number of anilines is 1. The molecule has 0 saturated carbocycles. The fourth-order valence-corrected chi connectivity index (χ4v) is 4.03. The lowest BCUT2D eigenvalue weighted by Crippen LogP contribution is -2.26. The lowest BCUT2D eigenvalue weighted by atomic mass is 10.1. The van der Waals surface area contributed by atoms with Crippen molar-refractivity contribution in [2.24, 2.45) is 0 Å². The summed E-state index contributed by atoms with van der Waals surface area (Å²) in [6.45, 7) is 4.49. The molecule has 10 heteroatoms. The van der Waals surface area contributed by atoms with Gasteiger partial charge in [-0.3, -0.25) is 14.6 Å². The highest BCUT2D eigenvalue weighted by atomic mass is 35.5. The average Bonchev–Trinajstić information content (AvgIpc) is 2.84. The molecule has 3 rings (SSSR count). The van der Waals surface area contributed by atoms with E-state index in [-0.39, 0.29) is 24.8 Å². The third kappa shape index (κ3) is 7.15. The first-order chi connectivity index (χ1) is 17.2. The molecule has 2 aromatic carbocycles. The number of aliphatic carboxylic acids is 1. The molecule has 1 atom stereocenters. The quantitative estimate of drug-likeness (QED) is 0.237. The zero-order valence-electron chi connectivity index (χ0n) is 20.4. The molecule has 1 heterocycles. The van der Waals surface area contributed by atoms with Crippen LogP contribution in [0, 0.1) is 6.92 Å². The van der Waals surface area contributed by atoms with E-state index in [4.69, 9.17) is 37.8 Å². The standard InChI is InChI=1S/C26H29Cl2N3O5/c1-15-10-12-30-25-20(31-16(2)5-4-11-29-22(32)8-9-23(33)34)14-21(35-3)26(24(15)25)36-17-6-7-18(27)19(28)13-17/h6-7,10,12-14,16,31H,4-5,8-9,11H2,1-3H3,(H,29,32)(H,33,34). The Balaban J connectivity index is 1.77. The smallest absolute Gasteiger partial charge is 0.303 e. The van der Waals surface area contributed by atoms with Crippen LogP contribution in [0.1, 0.15) is 38.2 Å². The van der Waals surface area contributed by atoms with E-state index in [1.165, 1.54) is 0 Å². The predicted octanol–water partition coefficient (Wildman–Crippen LogP) is 6.21. The van der Waals surface area contributed by atoms with Crippen LogP contribution in [-0.4, -0.2) is 41.7 Å². The molecule has 1 aromatic heterocycles. The maximum atomic E-state index is 11.7. The molecule has 192 valence electrons. The highest BCUT2D eigenvalue weighted by Gasteiger charge is 2.19. The van der Waals surface area contributed by atoms with Crippen LogP contribution in [0.4, 0.5) is 5.69 Å². The molecule has 0 saturated heterocycles. The summed E-state index contributed by atoms with van der Waals surface area (Å²) in [5, 5.41) is 16.6. The number of hydrogen-bond acceptors (Lipinski definition) is 6. The number of fused-ring (bicyclic) bond motifs is 1. The van der Waals surface area contributed by atoms with E-state index in [9.17, 15) is 9.59 Å². The van der Waals surface area contributed by atoms with E-state index >= 15 is 0 Å². The number of nitrogens with zero attached hydrogens (tertiary/aromatic N) is 1. The van der Waals surface area contributed by atoms with E-state index in [0.717, 1.165) is 35.0 Å². The summed E-state index contributed by atoms with van der Waals surface area (Å²) in [6.07, 6.45) is 3.06. The van der Waals surface area contributed by atoms with Gasteiger partial charge in [-0.1, -0.05) is 23.2 Å². The van der Waals surface area contributed by atoms with Crippen LogP contribution < -0.4 is 20.1 Å². The van der Waals surface area contributed by atoms with Crippen LogP contribution >= 0.6 is 23.2 Å². The lowest BCUT2D eigenvalue weighted by Gasteiger charge is -2.21. The Morgan fingerprint density at radius 3 is 2.61 bits per heavy atom. The summed E-state index contributed by atoms with van der Waals surface area (Å²) in [6, 6.07) is 8.88. The minimum absolute atomic E-state index is 0.0173. The summed E-state index contributed by atoms with van der Waals surface area (Å²) >= 11 is 12.2. The number of pyridine rings is 1. The minimum atomic E-state index is -0.983. The summed E-state index contributed by atoms with van der Waals surface area (Å²) in [4.78, 5) is 26.9. The third-order valence-electron chi connectivity index (χ3n) is 5.58. The van der Waals surface area contributed by atoms with Gasteiger partial charge >= 0.3 is 5.97 Å². The number of aryl methyl sites for hydroxylation is 1. The van der Waals surface area contributed by atoms with Crippen molar-refractivity contribution in [3.63, 3.8) is 0 Å². The van der Waals surface area contributed by atoms with E-state index in [2.05, 4.69) is 15.6 Å². The molecule has 36 heavy (non-hydrogen) atoms. The van der Waals surface area contributed by atoms with Crippen molar-refractivity contribution in [2.75, 3.05) is 19.0 Å². The summed E-state index contributed by atoms with van der Waals surface area (Å²) in [5.74, 6) is 0.337. The van der Waals surface area contributed by atoms with Gasteiger partial charge in [0.25, 0.3) is 0 Å². The Bertz CT molecular complexity index is 1250. The van der Waals surface area contributed by atoms with Gasteiger partial charge in [0.1, 0.15) is 5.75 Å². The van der Waals surface area contributed by atoms with Crippen LogP contribution in [0.5, 0.6) is 17.2 Å². The van der Waals surface area contributed by atoms with Crippen LogP contribution in [0.25, 0.3) is 10.9 Å². The van der Waals surface area contributed by atoms with Gasteiger partial charge in [-0.15, -0.1) is 0 Å². The Labute approximate surface area is 219 Å². The Kier molecular flexibility index (Phi) is 9.61. The number of amides is 1. The largest absolute Gasteiger partial charge is 0.493 e. The first-order valence-corrected chi connectivity index (χ1v) is 12.3. The van der Waals surface area contributed by atoms with Gasteiger partial charge < -0.3 is 25.2 Å². The maximum absolute atomic E-state index is 11.7. The zero-order valence-corrected chi connectivity index (χ0v) is 21.9. The normalized spacial score (nSPS) is 11.7. The number of carbonyl (C=O) groups excluding carboxylic acids is 1. The second-order valence-corrected chi connectivity index (χ2v) is 9.23. The number of rotatable bonds is 12. The number of ether oxygens (including phenoxy) is 2. The molecule has 0 aliphatic heterocycles. The zero-order chi connectivity index (χ0) is 26.2. The van der Waals surface area contributed by atoms with Crippen molar-refractivity contribution in [3.05, 3.63) is 52.1 Å². The molecule has 0 fully saturated rings. The highest BCUT2D eigenvalue weighted by Crippen LogP contribution is 2.44. The van der Waals surface area contributed by atoms with E-state index < -0.39 is 5.97 Å². The first kappa shape index (κ1) is 27.4. The molecule has 0 bridgehead atoms. The fourth-order valence-electron chi connectivity index (χ4n) is 3.74. The molecule has 8 nitrogen and oxygen atoms in total. The molecule has 3 aromatic rings. The number of halogens is 2. The molecule has 0 radical (unpaired) electrons. The van der Waals surface area contributed by atoms with E-state index in [1.54, 1.807) is 31.5 Å². The maximum Gasteiger partial charge on any atom is 0.303 e. The molecular weight excluding hydrogens is 505 g/mol. The van der Waals surface area contributed by atoms with Crippen LogP contribution in [0.2, 0.25) is 10.0 Å². The van der Waals surface area contributed by atoms with Gasteiger partial charge in [0.2, 0.25) is 5.91 Å². The summed E-state index contributed by atoms with van der Waals surface area (Å²) in [7, 11) is 1.58. The number of hydrogen-bond donors (Lipinski definition) is 3. The molecule has 1 unspecified atom stereocenters. The lowest BCUT2D eigenvalue weighted by molar-refractivity contribution is -0.138. The molecule has 0 aliphatic carbocycles. The number of carboxylic acid groups (broad SMARTS) is 1. The number of methoxy groups -OCH3 is 1. The third-order valence-corrected chi connectivity index (χ3v) is 6.31. The van der Waals surface area contributed by atoms with E-state index in [1.807, 2.05) is 26.0 Å². The Morgan fingerprint density at radius 2 is 1.92 bits per heavy atom. The van der Waals surface area contributed by atoms with Gasteiger partial charge in [0.05, 0.1) is 40.2 Å². The van der Waals surface area contributed by atoms with Crippen LogP contribution in [0.15, 0.2) is 36.5 Å². The molecule has 1 amide bonds. The number of nitrogens with one attached hydrogen (secondary N) is 2. The second kappa shape index (κ2) is 12.6. The van der Waals surface area contributed by atoms with Crippen molar-refractivity contribution >= 4 is 51.7 Å². The molecule has 0 spiro atoms.